The number of anilines is 1. The summed E-state index contributed by atoms with van der Waals surface area (Å²) in [6.07, 6.45) is 5.07. The molecule has 0 radical (unpaired) electrons. The molecular weight excluding hydrogens is 317 g/mol. The fraction of sp³-hybridized carbons (Fsp3) is 0.105. The summed E-state index contributed by atoms with van der Waals surface area (Å²) >= 11 is 0. The smallest absolute Gasteiger partial charge is 0.159 e. The normalized spacial score (nSPS) is 12.2. The molecule has 5 nitrogen and oxygen atoms in total. The van der Waals surface area contributed by atoms with Gasteiger partial charge in [-0.15, -0.1) is 0 Å². The molecule has 0 saturated heterocycles. The van der Waals surface area contributed by atoms with Crippen molar-refractivity contribution in [3.8, 4) is 5.82 Å². The van der Waals surface area contributed by atoms with E-state index in [1.807, 2.05) is 41.8 Å². The Morgan fingerprint density at radius 1 is 1.08 bits per heavy atom. The molecule has 1 N–H and O–H groups in total. The Labute approximate surface area is 144 Å². The summed E-state index contributed by atoms with van der Waals surface area (Å²) in [5.74, 6) is 1.04. The van der Waals surface area contributed by atoms with Gasteiger partial charge in [-0.2, -0.15) is 0 Å². The van der Waals surface area contributed by atoms with Gasteiger partial charge in [0, 0.05) is 0 Å². The zero-order chi connectivity index (χ0) is 17.2. The Morgan fingerprint density at radius 3 is 2.84 bits per heavy atom. The molecule has 0 amide bonds. The number of benzene rings is 2. The molecule has 6 heteroatoms. The topological polar surface area (TPSA) is 55.6 Å². The van der Waals surface area contributed by atoms with Crippen molar-refractivity contribution < 1.29 is 4.39 Å². The van der Waals surface area contributed by atoms with Gasteiger partial charge in [0.2, 0.25) is 0 Å². The molecular formula is C19H16FN5. The Kier molecular flexibility index (Phi) is 3.85. The maximum Gasteiger partial charge on any atom is 0.159 e. The van der Waals surface area contributed by atoms with Crippen molar-refractivity contribution in [1.29, 1.82) is 0 Å². The highest BCUT2D eigenvalue weighted by Crippen LogP contribution is 2.20. The standard InChI is InChI=1S/C19H16FN5/c1-13(14-5-4-6-15(20)9-14)23-18-10-21-11-19(24-18)25-12-22-16-7-2-3-8-17(16)25/h2-13H,1H3,(H,23,24)/t13-/m0/s1. The molecule has 1 atom stereocenters. The molecule has 2 heterocycles. The molecule has 4 rings (SSSR count). The van der Waals surface area contributed by atoms with E-state index in [1.54, 1.807) is 24.8 Å². The van der Waals surface area contributed by atoms with Crippen LogP contribution in [0, 0.1) is 5.82 Å². The minimum Gasteiger partial charge on any atom is -0.362 e. The van der Waals surface area contributed by atoms with Gasteiger partial charge in [-0.1, -0.05) is 24.3 Å². The number of nitrogens with one attached hydrogen (secondary N) is 1. The predicted octanol–water partition coefficient (Wildman–Crippen LogP) is 4.13. The van der Waals surface area contributed by atoms with E-state index in [0.29, 0.717) is 11.6 Å². The number of para-hydroxylation sites is 2. The van der Waals surface area contributed by atoms with Crippen molar-refractivity contribution in [2.45, 2.75) is 13.0 Å². The van der Waals surface area contributed by atoms with Crippen LogP contribution in [-0.4, -0.2) is 19.5 Å². The van der Waals surface area contributed by atoms with Crippen LogP contribution in [-0.2, 0) is 0 Å². The minimum absolute atomic E-state index is 0.0974. The van der Waals surface area contributed by atoms with Crippen LogP contribution >= 0.6 is 0 Å². The summed E-state index contributed by atoms with van der Waals surface area (Å²) in [4.78, 5) is 13.2. The van der Waals surface area contributed by atoms with Gasteiger partial charge in [-0.05, 0) is 36.8 Å². The molecule has 0 aliphatic heterocycles. The van der Waals surface area contributed by atoms with E-state index >= 15 is 0 Å². The van der Waals surface area contributed by atoms with E-state index in [2.05, 4.69) is 20.3 Å². The Bertz CT molecular complexity index is 1030. The van der Waals surface area contributed by atoms with Gasteiger partial charge in [-0.25, -0.2) is 14.4 Å². The van der Waals surface area contributed by atoms with Crippen molar-refractivity contribution in [2.75, 3.05) is 5.32 Å². The first-order valence-electron chi connectivity index (χ1n) is 7.97. The van der Waals surface area contributed by atoms with Crippen molar-refractivity contribution >= 4 is 16.9 Å². The first kappa shape index (κ1) is 15.3. The summed E-state index contributed by atoms with van der Waals surface area (Å²) in [5.41, 5.74) is 2.71. The summed E-state index contributed by atoms with van der Waals surface area (Å²) in [5, 5.41) is 3.26. The maximum absolute atomic E-state index is 13.4. The van der Waals surface area contributed by atoms with Crippen LogP contribution in [0.4, 0.5) is 10.2 Å². The highest BCUT2D eigenvalue weighted by Gasteiger charge is 2.10. The second kappa shape index (κ2) is 6.32. The largest absolute Gasteiger partial charge is 0.362 e. The van der Waals surface area contributed by atoms with Crippen molar-refractivity contribution in [3.63, 3.8) is 0 Å². The Balaban J connectivity index is 1.63. The first-order chi connectivity index (χ1) is 12.2. The molecule has 2 aromatic carbocycles. The highest BCUT2D eigenvalue weighted by atomic mass is 19.1. The van der Waals surface area contributed by atoms with Gasteiger partial charge < -0.3 is 5.32 Å². The van der Waals surface area contributed by atoms with Gasteiger partial charge in [-0.3, -0.25) is 9.55 Å². The number of hydrogen-bond acceptors (Lipinski definition) is 4. The van der Waals surface area contributed by atoms with E-state index in [4.69, 9.17) is 0 Å². The molecule has 0 saturated carbocycles. The van der Waals surface area contributed by atoms with Crippen LogP contribution in [0.1, 0.15) is 18.5 Å². The molecule has 0 spiro atoms. The second-order valence-corrected chi connectivity index (χ2v) is 5.79. The lowest BCUT2D eigenvalue weighted by atomic mass is 10.1. The summed E-state index contributed by atoms with van der Waals surface area (Å²) in [6, 6.07) is 14.3. The van der Waals surface area contributed by atoms with E-state index < -0.39 is 0 Å². The fourth-order valence-electron chi connectivity index (χ4n) is 2.76. The minimum atomic E-state index is -0.254. The Hall–Kier alpha value is -3.28. The number of imidazole rings is 1. The van der Waals surface area contributed by atoms with Crippen LogP contribution < -0.4 is 5.32 Å². The van der Waals surface area contributed by atoms with E-state index in [1.165, 1.54) is 12.1 Å². The van der Waals surface area contributed by atoms with Crippen molar-refractivity contribution in [1.82, 2.24) is 19.5 Å². The molecule has 0 unspecified atom stereocenters. The van der Waals surface area contributed by atoms with Gasteiger partial charge in [0.25, 0.3) is 0 Å². The summed E-state index contributed by atoms with van der Waals surface area (Å²) in [7, 11) is 0. The van der Waals surface area contributed by atoms with Crippen LogP contribution in [0.15, 0.2) is 67.3 Å². The van der Waals surface area contributed by atoms with Gasteiger partial charge in [0.05, 0.1) is 29.5 Å². The summed E-state index contributed by atoms with van der Waals surface area (Å²) < 4.78 is 15.3. The lowest BCUT2D eigenvalue weighted by molar-refractivity contribution is 0.623. The van der Waals surface area contributed by atoms with E-state index in [9.17, 15) is 4.39 Å². The molecule has 0 aliphatic carbocycles. The molecule has 0 aliphatic rings. The van der Waals surface area contributed by atoms with E-state index in [0.717, 1.165) is 16.6 Å². The zero-order valence-electron chi connectivity index (χ0n) is 13.6. The van der Waals surface area contributed by atoms with Crippen molar-refractivity contribution in [3.05, 3.63) is 78.6 Å². The zero-order valence-corrected chi connectivity index (χ0v) is 13.6. The third-order valence-electron chi connectivity index (χ3n) is 4.04. The van der Waals surface area contributed by atoms with Crippen LogP contribution in [0.5, 0.6) is 0 Å². The quantitative estimate of drug-likeness (QED) is 0.610. The van der Waals surface area contributed by atoms with Crippen LogP contribution in [0.3, 0.4) is 0 Å². The van der Waals surface area contributed by atoms with Gasteiger partial charge in [0.15, 0.2) is 5.82 Å². The van der Waals surface area contributed by atoms with E-state index in [-0.39, 0.29) is 11.9 Å². The second-order valence-electron chi connectivity index (χ2n) is 5.79. The summed E-state index contributed by atoms with van der Waals surface area (Å²) in [6.45, 7) is 1.95. The molecule has 0 fully saturated rings. The van der Waals surface area contributed by atoms with Gasteiger partial charge >= 0.3 is 0 Å². The number of halogens is 1. The third kappa shape index (κ3) is 3.06. The lowest BCUT2D eigenvalue weighted by Gasteiger charge is -2.15. The lowest BCUT2D eigenvalue weighted by Crippen LogP contribution is -2.09. The SMILES string of the molecule is C[C@H](Nc1cncc(-n2cnc3ccccc32)n1)c1cccc(F)c1. The van der Waals surface area contributed by atoms with Crippen LogP contribution in [0.25, 0.3) is 16.9 Å². The Morgan fingerprint density at radius 2 is 1.96 bits per heavy atom. The third-order valence-corrected chi connectivity index (χ3v) is 4.04. The average Bonchev–Trinajstić information content (AvgIpc) is 3.06. The van der Waals surface area contributed by atoms with Crippen molar-refractivity contribution in [2.24, 2.45) is 0 Å². The van der Waals surface area contributed by atoms with Gasteiger partial charge in [0.1, 0.15) is 18.0 Å². The number of rotatable bonds is 4. The molecule has 0 bridgehead atoms. The first-order valence-corrected chi connectivity index (χ1v) is 7.97. The fourth-order valence-corrected chi connectivity index (χ4v) is 2.76. The number of nitrogens with zero attached hydrogens (tertiary/aromatic N) is 4. The highest BCUT2D eigenvalue weighted by molar-refractivity contribution is 5.76. The molecule has 124 valence electrons. The average molecular weight is 333 g/mol. The number of aromatic nitrogens is 4. The predicted molar refractivity (Wildman–Crippen MR) is 95.1 cm³/mol. The van der Waals surface area contributed by atoms with Crippen LogP contribution in [0.2, 0.25) is 0 Å². The molecule has 25 heavy (non-hydrogen) atoms. The number of fused-ring (bicyclic) bond motifs is 1. The molecule has 2 aromatic heterocycles. The maximum atomic E-state index is 13.4. The monoisotopic (exact) mass is 333 g/mol. The molecule has 4 aromatic rings. The number of hydrogen-bond donors (Lipinski definition) is 1.